The molecule has 0 saturated carbocycles. The Morgan fingerprint density at radius 3 is 2.52 bits per heavy atom. The largest absolute Gasteiger partial charge is 0.463 e. The number of carbonyl (C=O) groups excluding carboxylic acids is 3. The minimum absolute atomic E-state index is 0.205. The molecule has 1 saturated heterocycles. The van der Waals surface area contributed by atoms with E-state index in [9.17, 15) is 14.4 Å². The maximum atomic E-state index is 11.7. The van der Waals surface area contributed by atoms with Crippen molar-refractivity contribution in [3.63, 3.8) is 0 Å². The van der Waals surface area contributed by atoms with Crippen molar-refractivity contribution in [2.75, 3.05) is 6.61 Å². The van der Waals surface area contributed by atoms with Crippen LogP contribution in [0.5, 0.6) is 0 Å². The fourth-order valence-electron chi connectivity index (χ4n) is 3.05. The average molecular weight is 540 g/mol. The minimum atomic E-state index is -1.04. The van der Waals surface area contributed by atoms with Crippen LogP contribution in [-0.2, 0) is 33.3 Å². The number of nitrogens with zero attached hydrogens (tertiary/aromatic N) is 3. The molecule has 3 rings (SSSR count). The van der Waals surface area contributed by atoms with E-state index >= 15 is 0 Å². The molecule has 1 fully saturated rings. The standard InChI is InChI=1S/C16H17ClIN4O7/c1-6(23)26-4-9-11(27-7(2)24)12(28-8(3)25)15(29-9)22-5-19-10-13(17)20-16(18)21-14(10)22/h9,11-12,14-15H,4H2,1-3H3,(H,20,21)/q+1/t9-,11-,12-,14?,15-/m1/s1. The van der Waals surface area contributed by atoms with Crippen LogP contribution in [0.25, 0.3) is 4.85 Å². The van der Waals surface area contributed by atoms with Crippen molar-refractivity contribution in [3.8, 4) is 6.19 Å². The van der Waals surface area contributed by atoms with E-state index in [1.807, 2.05) is 22.6 Å². The first-order valence-corrected chi connectivity index (χ1v) is 9.91. The van der Waals surface area contributed by atoms with E-state index in [2.05, 4.69) is 21.3 Å². The van der Waals surface area contributed by atoms with Gasteiger partial charge in [-0.15, -0.1) is 4.90 Å². The SMILES string of the molecule is CC(=O)OC[C@H]1O[C@@H](N2C#[N+]C3=C(Cl)NC(I)=NC32)[C@H](OC(C)=O)[C@@H]1OC(C)=O. The second-order valence-corrected chi connectivity index (χ2v) is 7.65. The molecule has 0 aromatic carbocycles. The van der Waals surface area contributed by atoms with E-state index in [0.29, 0.717) is 9.54 Å². The molecule has 0 aromatic rings. The lowest BCUT2D eigenvalue weighted by atomic mass is 10.1. The zero-order valence-electron chi connectivity index (χ0n) is 15.5. The quantitative estimate of drug-likeness (QED) is 0.178. The molecule has 29 heavy (non-hydrogen) atoms. The summed E-state index contributed by atoms with van der Waals surface area (Å²) in [6.45, 7) is 3.47. The monoisotopic (exact) mass is 539 g/mol. The molecule has 0 radical (unpaired) electrons. The van der Waals surface area contributed by atoms with Crippen LogP contribution in [0.4, 0.5) is 0 Å². The van der Waals surface area contributed by atoms with Crippen LogP contribution in [0.3, 0.4) is 0 Å². The van der Waals surface area contributed by atoms with Crippen molar-refractivity contribution in [1.82, 2.24) is 10.2 Å². The molecular weight excluding hydrogens is 523 g/mol. The predicted molar refractivity (Wildman–Crippen MR) is 107 cm³/mol. The van der Waals surface area contributed by atoms with Gasteiger partial charge in [0.25, 0.3) is 12.4 Å². The van der Waals surface area contributed by atoms with Crippen molar-refractivity contribution >= 4 is 55.9 Å². The summed E-state index contributed by atoms with van der Waals surface area (Å²) in [5, 5.41) is 3.13. The average Bonchev–Trinajstić information content (AvgIpc) is 3.15. The molecule has 13 heteroatoms. The fraction of sp³-hybridized carbons (Fsp3) is 0.562. The highest BCUT2D eigenvalue weighted by atomic mass is 127. The molecule has 0 amide bonds. The third-order valence-electron chi connectivity index (χ3n) is 4.08. The van der Waals surface area contributed by atoms with Crippen LogP contribution in [0.2, 0.25) is 0 Å². The summed E-state index contributed by atoms with van der Waals surface area (Å²) >= 11 is 8.15. The number of halogens is 2. The minimum Gasteiger partial charge on any atom is -0.463 e. The first kappa shape index (κ1) is 21.6. The highest BCUT2D eigenvalue weighted by molar-refractivity contribution is 14.1. The second-order valence-electron chi connectivity index (χ2n) is 6.25. The van der Waals surface area contributed by atoms with Gasteiger partial charge in [-0.1, -0.05) is 11.6 Å². The van der Waals surface area contributed by atoms with E-state index in [1.54, 1.807) is 0 Å². The van der Waals surface area contributed by atoms with Crippen LogP contribution >= 0.6 is 34.2 Å². The van der Waals surface area contributed by atoms with Crippen LogP contribution < -0.4 is 5.32 Å². The van der Waals surface area contributed by atoms with Crippen LogP contribution in [0.15, 0.2) is 15.8 Å². The van der Waals surface area contributed by atoms with E-state index in [-0.39, 0.29) is 11.8 Å². The van der Waals surface area contributed by atoms with Gasteiger partial charge in [0.1, 0.15) is 12.7 Å². The zero-order chi connectivity index (χ0) is 21.3. The number of ether oxygens (including phenoxy) is 4. The van der Waals surface area contributed by atoms with Crippen LogP contribution in [0.1, 0.15) is 20.8 Å². The molecule has 3 aliphatic heterocycles. The van der Waals surface area contributed by atoms with E-state index in [1.165, 1.54) is 25.7 Å². The van der Waals surface area contributed by atoms with Gasteiger partial charge >= 0.3 is 29.8 Å². The van der Waals surface area contributed by atoms with Gasteiger partial charge in [-0.2, -0.15) is 4.85 Å². The molecule has 1 unspecified atom stereocenters. The Hall–Kier alpha value is -2.11. The molecule has 1 N–H and O–H groups in total. The number of amidine groups is 1. The number of nitrogens with one attached hydrogen (secondary N) is 1. The Morgan fingerprint density at radius 1 is 1.24 bits per heavy atom. The summed E-state index contributed by atoms with van der Waals surface area (Å²) in [4.78, 5) is 44.6. The number of carbonyl (C=O) groups is 3. The lowest BCUT2D eigenvalue weighted by Gasteiger charge is -2.25. The van der Waals surface area contributed by atoms with Crippen LogP contribution in [-0.4, -0.2) is 64.0 Å². The third kappa shape index (κ3) is 4.73. The Bertz CT molecular complexity index is 867. The van der Waals surface area contributed by atoms with E-state index < -0.39 is 48.6 Å². The number of fused-ring (bicyclic) bond motifs is 1. The summed E-state index contributed by atoms with van der Waals surface area (Å²) in [6.07, 6.45) is -1.83. The molecular formula is C16H17ClIN4O7+. The molecule has 0 aliphatic carbocycles. The summed E-state index contributed by atoms with van der Waals surface area (Å²) in [5.41, 5.74) is 0.407. The van der Waals surface area contributed by atoms with Crippen molar-refractivity contribution in [3.05, 3.63) is 15.7 Å². The zero-order valence-corrected chi connectivity index (χ0v) is 18.5. The van der Waals surface area contributed by atoms with Gasteiger partial charge in [-0.25, -0.2) is 4.99 Å². The lowest BCUT2D eigenvalue weighted by molar-refractivity contribution is -0.167. The summed E-state index contributed by atoms with van der Waals surface area (Å²) in [7, 11) is 0. The molecule has 0 spiro atoms. The molecule has 3 heterocycles. The van der Waals surface area contributed by atoms with Gasteiger partial charge in [0.2, 0.25) is 6.10 Å². The maximum Gasteiger partial charge on any atom is 0.382 e. The first-order valence-electron chi connectivity index (χ1n) is 8.45. The smallest absolute Gasteiger partial charge is 0.382 e. The van der Waals surface area contributed by atoms with Crippen molar-refractivity contribution in [2.45, 2.75) is 51.5 Å². The number of esters is 3. The van der Waals surface area contributed by atoms with Gasteiger partial charge in [-0.3, -0.25) is 14.4 Å². The summed E-state index contributed by atoms with van der Waals surface area (Å²) < 4.78 is 22.2. The number of rotatable bonds is 5. The topological polar surface area (TPSA) is 120 Å². The highest BCUT2D eigenvalue weighted by Gasteiger charge is 2.59. The first-order chi connectivity index (χ1) is 13.7. The second kappa shape index (κ2) is 8.72. The van der Waals surface area contributed by atoms with Crippen molar-refractivity contribution in [2.24, 2.45) is 4.99 Å². The normalized spacial score (nSPS) is 29.9. The van der Waals surface area contributed by atoms with Crippen LogP contribution in [0, 0.1) is 6.19 Å². The lowest BCUT2D eigenvalue weighted by Crippen LogP contribution is -2.49. The third-order valence-corrected chi connectivity index (χ3v) is 4.92. The molecule has 156 valence electrons. The molecule has 5 atom stereocenters. The Balaban J connectivity index is 1.92. The number of hydrogen-bond donors (Lipinski definition) is 1. The van der Waals surface area contributed by atoms with Crippen molar-refractivity contribution < 1.29 is 33.3 Å². The van der Waals surface area contributed by atoms with Gasteiger partial charge < -0.3 is 24.3 Å². The van der Waals surface area contributed by atoms with E-state index in [0.717, 1.165) is 0 Å². The summed E-state index contributed by atoms with van der Waals surface area (Å²) in [6, 6.07) is 0. The van der Waals surface area contributed by atoms with Gasteiger partial charge in [0, 0.05) is 20.8 Å². The van der Waals surface area contributed by atoms with Gasteiger partial charge in [0.15, 0.2) is 15.1 Å². The summed E-state index contributed by atoms with van der Waals surface area (Å²) in [5.74, 6) is -1.75. The van der Waals surface area contributed by atoms with Gasteiger partial charge in [0.05, 0.1) is 0 Å². The number of hydrogen-bond acceptors (Lipinski definition) is 10. The molecule has 3 aliphatic rings. The highest BCUT2D eigenvalue weighted by Crippen LogP contribution is 2.36. The van der Waals surface area contributed by atoms with Crippen molar-refractivity contribution in [1.29, 1.82) is 0 Å². The van der Waals surface area contributed by atoms with E-state index in [4.69, 9.17) is 30.5 Å². The molecule has 0 aromatic heterocycles. The number of aliphatic imine (C=N–C) groups is 1. The van der Waals surface area contributed by atoms with Gasteiger partial charge in [-0.05, 0) is 22.6 Å². The maximum absolute atomic E-state index is 11.7. The Labute approximate surface area is 184 Å². The fourth-order valence-corrected chi connectivity index (χ4v) is 3.97. The predicted octanol–water partition coefficient (Wildman–Crippen LogP) is 0.872. The Morgan fingerprint density at radius 2 is 1.90 bits per heavy atom. The molecule has 11 nitrogen and oxygen atoms in total. The Kier molecular flexibility index (Phi) is 6.49. The molecule has 0 bridgehead atoms.